The van der Waals surface area contributed by atoms with Crippen molar-refractivity contribution in [3.05, 3.63) is 87.7 Å². The second-order valence-electron chi connectivity index (χ2n) is 8.36. The molecule has 0 aliphatic carbocycles. The summed E-state index contributed by atoms with van der Waals surface area (Å²) >= 11 is 0. The third kappa shape index (κ3) is 7.03. The molecule has 0 N–H and O–H groups in total. The molecule has 1 aliphatic heterocycles. The number of hydrogen-bond donors (Lipinski definition) is 0. The van der Waals surface area contributed by atoms with Gasteiger partial charge in [-0.05, 0) is 35.7 Å². The van der Waals surface area contributed by atoms with Gasteiger partial charge in [0.05, 0.1) is 38.5 Å². The van der Waals surface area contributed by atoms with E-state index in [4.69, 9.17) is 9.47 Å². The Balaban J connectivity index is 1.35. The molecular weight excluding hydrogens is 456 g/mol. The Labute approximate surface area is 201 Å². The number of benzene rings is 2. The number of carbonyl (C=O) groups excluding carboxylic acids is 1. The van der Waals surface area contributed by atoms with Crippen molar-refractivity contribution in [2.75, 3.05) is 39.5 Å². The fourth-order valence-corrected chi connectivity index (χ4v) is 3.93. The second-order valence-corrected chi connectivity index (χ2v) is 8.36. The van der Waals surface area contributed by atoms with Gasteiger partial charge < -0.3 is 9.47 Å². The topological polar surface area (TPSA) is 73.7 Å². The van der Waals surface area contributed by atoms with E-state index in [9.17, 15) is 18.4 Å². The Morgan fingerprint density at radius 3 is 2.63 bits per heavy atom. The molecule has 1 saturated heterocycles. The molecule has 0 spiro atoms. The Kier molecular flexibility index (Phi) is 8.33. The van der Waals surface area contributed by atoms with Crippen molar-refractivity contribution in [1.29, 1.82) is 0 Å². The van der Waals surface area contributed by atoms with Gasteiger partial charge in [-0.1, -0.05) is 24.3 Å². The zero-order valence-electron chi connectivity index (χ0n) is 19.3. The number of esters is 1. The summed E-state index contributed by atoms with van der Waals surface area (Å²) in [7, 11) is 0. The Hall–Kier alpha value is -3.43. The zero-order valence-corrected chi connectivity index (χ0v) is 19.3. The van der Waals surface area contributed by atoms with Gasteiger partial charge in [0.25, 0.3) is 5.56 Å². The summed E-state index contributed by atoms with van der Waals surface area (Å²) in [6, 6.07) is 13.1. The molecule has 9 heteroatoms. The SMILES string of the molecule is O=C(Cc1cccc(Cn2nc(-c3ccc(F)cc3F)ccc2=O)c1)OCCCN1CCOCC1. The first-order chi connectivity index (χ1) is 17.0. The Morgan fingerprint density at radius 1 is 1.03 bits per heavy atom. The van der Waals surface area contributed by atoms with Gasteiger partial charge in [-0.15, -0.1) is 0 Å². The maximum atomic E-state index is 14.2. The summed E-state index contributed by atoms with van der Waals surface area (Å²) in [6.45, 7) is 4.66. The number of morpholine rings is 1. The fraction of sp³-hybridized carbons (Fsp3) is 0.346. The van der Waals surface area contributed by atoms with Gasteiger partial charge in [-0.3, -0.25) is 14.5 Å². The van der Waals surface area contributed by atoms with Crippen LogP contribution in [-0.4, -0.2) is 60.1 Å². The van der Waals surface area contributed by atoms with E-state index in [0.29, 0.717) is 6.61 Å². The molecule has 4 rings (SSSR count). The Bertz CT molecular complexity index is 1230. The minimum atomic E-state index is -0.756. The molecule has 1 aromatic heterocycles. The molecular formula is C26H27F2N3O4. The Morgan fingerprint density at radius 2 is 1.83 bits per heavy atom. The lowest BCUT2D eigenvalue weighted by molar-refractivity contribution is -0.143. The first kappa shape index (κ1) is 24.7. The highest BCUT2D eigenvalue weighted by molar-refractivity contribution is 5.72. The van der Waals surface area contributed by atoms with Crippen LogP contribution in [0.25, 0.3) is 11.3 Å². The van der Waals surface area contributed by atoms with Crippen LogP contribution in [0.5, 0.6) is 0 Å². The lowest BCUT2D eigenvalue weighted by Gasteiger charge is -2.26. The largest absolute Gasteiger partial charge is 0.465 e. The smallest absolute Gasteiger partial charge is 0.310 e. The minimum absolute atomic E-state index is 0.102. The summed E-state index contributed by atoms with van der Waals surface area (Å²) in [5.41, 5.74) is 1.48. The van der Waals surface area contributed by atoms with E-state index in [1.165, 1.54) is 22.9 Å². The van der Waals surface area contributed by atoms with E-state index in [1.54, 1.807) is 6.07 Å². The van der Waals surface area contributed by atoms with Gasteiger partial charge in [0.15, 0.2) is 0 Å². The number of hydrogen-bond acceptors (Lipinski definition) is 6. The molecule has 184 valence electrons. The van der Waals surface area contributed by atoms with Crippen LogP contribution in [0.3, 0.4) is 0 Å². The monoisotopic (exact) mass is 483 g/mol. The summed E-state index contributed by atoms with van der Waals surface area (Å²) < 4.78 is 39.3. The highest BCUT2D eigenvalue weighted by atomic mass is 19.1. The molecule has 1 aliphatic rings. The number of aromatic nitrogens is 2. The van der Waals surface area contributed by atoms with E-state index in [0.717, 1.165) is 62.5 Å². The van der Waals surface area contributed by atoms with Crippen LogP contribution < -0.4 is 5.56 Å². The van der Waals surface area contributed by atoms with Crippen LogP contribution in [0.15, 0.2) is 59.4 Å². The summed E-state index contributed by atoms with van der Waals surface area (Å²) in [5, 5.41) is 4.25. The van der Waals surface area contributed by atoms with E-state index in [1.807, 2.05) is 18.2 Å². The number of nitrogens with zero attached hydrogens (tertiary/aromatic N) is 3. The van der Waals surface area contributed by atoms with Crippen LogP contribution in [0, 0.1) is 11.6 Å². The maximum absolute atomic E-state index is 14.2. The summed E-state index contributed by atoms with van der Waals surface area (Å²) in [6.07, 6.45) is 0.889. The minimum Gasteiger partial charge on any atom is -0.465 e. The lowest BCUT2D eigenvalue weighted by Crippen LogP contribution is -2.37. The first-order valence-electron chi connectivity index (χ1n) is 11.5. The molecule has 35 heavy (non-hydrogen) atoms. The van der Waals surface area contributed by atoms with Gasteiger partial charge in [0.2, 0.25) is 0 Å². The molecule has 0 saturated carbocycles. The van der Waals surface area contributed by atoms with Crippen molar-refractivity contribution in [2.45, 2.75) is 19.4 Å². The van der Waals surface area contributed by atoms with Crippen LogP contribution in [0.1, 0.15) is 17.5 Å². The third-order valence-electron chi connectivity index (χ3n) is 5.73. The highest BCUT2D eigenvalue weighted by Gasteiger charge is 2.12. The van der Waals surface area contributed by atoms with Gasteiger partial charge in [0, 0.05) is 37.3 Å². The molecule has 0 radical (unpaired) electrons. The van der Waals surface area contributed by atoms with Crippen molar-refractivity contribution < 1.29 is 23.0 Å². The first-order valence-corrected chi connectivity index (χ1v) is 11.5. The van der Waals surface area contributed by atoms with Crippen LogP contribution in [0.2, 0.25) is 0 Å². The highest BCUT2D eigenvalue weighted by Crippen LogP contribution is 2.20. The fourth-order valence-electron chi connectivity index (χ4n) is 3.93. The summed E-state index contributed by atoms with van der Waals surface area (Å²) in [4.78, 5) is 26.9. The lowest BCUT2D eigenvalue weighted by atomic mass is 10.1. The molecule has 7 nitrogen and oxygen atoms in total. The average molecular weight is 484 g/mol. The normalized spacial score (nSPS) is 14.1. The van der Waals surface area contributed by atoms with Crippen LogP contribution in [0.4, 0.5) is 8.78 Å². The second kappa shape index (κ2) is 11.8. The predicted octanol–water partition coefficient (Wildman–Crippen LogP) is 3.04. The van der Waals surface area contributed by atoms with E-state index in [-0.39, 0.29) is 35.8 Å². The number of ether oxygens (including phenoxy) is 2. The summed E-state index contributed by atoms with van der Waals surface area (Å²) in [5.74, 6) is -1.76. The number of halogens is 2. The number of rotatable bonds is 9. The van der Waals surface area contributed by atoms with Crippen LogP contribution in [-0.2, 0) is 27.2 Å². The number of carbonyl (C=O) groups is 1. The molecule has 0 atom stereocenters. The molecule has 1 fully saturated rings. The van der Waals surface area contributed by atoms with Crippen molar-refractivity contribution in [1.82, 2.24) is 14.7 Å². The third-order valence-corrected chi connectivity index (χ3v) is 5.73. The van der Waals surface area contributed by atoms with Crippen molar-refractivity contribution in [2.24, 2.45) is 0 Å². The van der Waals surface area contributed by atoms with Crippen molar-refractivity contribution in [3.8, 4) is 11.3 Å². The van der Waals surface area contributed by atoms with E-state index in [2.05, 4.69) is 10.00 Å². The maximum Gasteiger partial charge on any atom is 0.310 e. The van der Waals surface area contributed by atoms with E-state index >= 15 is 0 Å². The van der Waals surface area contributed by atoms with Crippen molar-refractivity contribution >= 4 is 5.97 Å². The quantitative estimate of drug-likeness (QED) is 0.344. The standard InChI is InChI=1S/C26H27F2N3O4/c27-21-5-6-22(23(28)17-21)24-7-8-25(32)31(29-24)18-20-4-1-3-19(15-20)16-26(33)35-12-2-9-30-10-13-34-14-11-30/h1,3-8,15,17H,2,9-14,16,18H2. The molecule has 0 bridgehead atoms. The van der Waals surface area contributed by atoms with E-state index < -0.39 is 11.6 Å². The van der Waals surface area contributed by atoms with Crippen LogP contribution >= 0.6 is 0 Å². The molecule has 3 aromatic rings. The predicted molar refractivity (Wildman–Crippen MR) is 126 cm³/mol. The molecule has 2 heterocycles. The molecule has 2 aromatic carbocycles. The van der Waals surface area contributed by atoms with Gasteiger partial charge in [-0.25, -0.2) is 13.5 Å². The van der Waals surface area contributed by atoms with Crippen molar-refractivity contribution in [3.63, 3.8) is 0 Å². The average Bonchev–Trinajstić information content (AvgIpc) is 2.84. The zero-order chi connectivity index (χ0) is 24.6. The van der Waals surface area contributed by atoms with Gasteiger partial charge >= 0.3 is 5.97 Å². The van der Waals surface area contributed by atoms with Gasteiger partial charge in [-0.2, -0.15) is 5.10 Å². The molecule has 0 amide bonds. The molecule has 0 unspecified atom stereocenters. The van der Waals surface area contributed by atoms with Gasteiger partial charge in [0.1, 0.15) is 11.6 Å².